The van der Waals surface area contributed by atoms with Crippen LogP contribution in [-0.2, 0) is 19.7 Å². The summed E-state index contributed by atoms with van der Waals surface area (Å²) in [5, 5.41) is 12.3. The zero-order chi connectivity index (χ0) is 39.0. The number of piperidine rings is 1. The summed E-state index contributed by atoms with van der Waals surface area (Å²) >= 11 is 12.8. The van der Waals surface area contributed by atoms with Crippen molar-refractivity contribution in [2.45, 2.75) is 37.5 Å². The highest BCUT2D eigenvalue weighted by molar-refractivity contribution is 6.42. The Hall–Kier alpha value is -4.63. The van der Waals surface area contributed by atoms with Crippen LogP contribution in [0, 0.1) is 0 Å². The third kappa shape index (κ3) is 9.43. The summed E-state index contributed by atoms with van der Waals surface area (Å²) in [4.78, 5) is 53.0. The van der Waals surface area contributed by atoms with Gasteiger partial charge in [0.2, 0.25) is 5.91 Å². The standard InChI is InChI=1S/C39H47Cl2N9O5/c1-4-55-36(51)26-48-18-20-49(21-19-48)38(53)39(30-6-5-14-42-24-30)12-16-47(17-13-39)15-11-29(28-7-9-33(40)34(41)22-28)25-46(2)37(52)32-23-31(8-10-35(32)54-3)50-27-43-44-45-50/h5-10,14,22-24,27,29H,4,11-13,15-21,25-26H2,1-3H3. The van der Waals surface area contributed by atoms with Crippen LogP contribution in [0.5, 0.6) is 5.75 Å². The van der Waals surface area contributed by atoms with E-state index >= 15 is 0 Å². The number of carbonyl (C=O) groups excluding carboxylic acids is 3. The maximum Gasteiger partial charge on any atom is 0.320 e. The number of rotatable bonds is 14. The Balaban J connectivity index is 1.14. The Morgan fingerprint density at radius 1 is 0.964 bits per heavy atom. The van der Waals surface area contributed by atoms with E-state index in [9.17, 15) is 14.4 Å². The summed E-state index contributed by atoms with van der Waals surface area (Å²) in [5.41, 5.74) is 2.23. The van der Waals surface area contributed by atoms with E-state index in [1.165, 1.54) is 18.1 Å². The summed E-state index contributed by atoms with van der Waals surface area (Å²) in [6.45, 7) is 7.30. The van der Waals surface area contributed by atoms with Crippen LogP contribution in [0.25, 0.3) is 5.69 Å². The number of amides is 2. The van der Waals surface area contributed by atoms with E-state index in [4.69, 9.17) is 32.7 Å². The van der Waals surface area contributed by atoms with Gasteiger partial charge in [0.1, 0.15) is 12.1 Å². The molecular formula is C39H47Cl2N9O5. The molecule has 4 aromatic rings. The van der Waals surface area contributed by atoms with Crippen molar-refractivity contribution in [2.75, 3.05) is 79.7 Å². The first kappa shape index (κ1) is 40.0. The number of esters is 1. The van der Waals surface area contributed by atoms with Gasteiger partial charge in [-0.05, 0) is 104 Å². The number of halogens is 2. The number of aromatic nitrogens is 5. The molecule has 55 heavy (non-hydrogen) atoms. The normalized spacial score (nSPS) is 16.7. The van der Waals surface area contributed by atoms with Crippen molar-refractivity contribution in [2.24, 2.45) is 0 Å². The van der Waals surface area contributed by atoms with Gasteiger partial charge in [0.15, 0.2) is 0 Å². The molecule has 292 valence electrons. The van der Waals surface area contributed by atoms with Gasteiger partial charge in [0, 0.05) is 58.1 Å². The molecule has 16 heteroatoms. The van der Waals surface area contributed by atoms with Crippen molar-refractivity contribution < 1.29 is 23.9 Å². The van der Waals surface area contributed by atoms with E-state index in [0.717, 1.165) is 24.1 Å². The van der Waals surface area contributed by atoms with Crippen molar-refractivity contribution in [3.8, 4) is 11.4 Å². The van der Waals surface area contributed by atoms with Crippen LogP contribution in [0.3, 0.4) is 0 Å². The first-order valence-electron chi connectivity index (χ1n) is 18.5. The molecular weight excluding hydrogens is 745 g/mol. The van der Waals surface area contributed by atoms with E-state index in [-0.39, 0.29) is 30.2 Å². The molecule has 0 aliphatic carbocycles. The molecule has 0 N–H and O–H groups in total. The number of hydrogen-bond donors (Lipinski definition) is 0. The SMILES string of the molecule is CCOC(=O)CN1CCN(C(=O)C2(c3cccnc3)CCN(CCC(CN(C)C(=O)c3cc(-n4cnnn4)ccc3OC)c3ccc(Cl)c(Cl)c3)CC2)CC1. The molecule has 0 radical (unpaired) electrons. The Morgan fingerprint density at radius 2 is 1.75 bits per heavy atom. The van der Waals surface area contributed by atoms with Gasteiger partial charge in [-0.15, -0.1) is 5.10 Å². The first-order chi connectivity index (χ1) is 26.6. The number of methoxy groups -OCH3 is 1. The maximum atomic E-state index is 14.4. The van der Waals surface area contributed by atoms with E-state index in [1.807, 2.05) is 40.3 Å². The van der Waals surface area contributed by atoms with Gasteiger partial charge >= 0.3 is 5.97 Å². The number of benzene rings is 2. The molecule has 2 aliphatic heterocycles. The van der Waals surface area contributed by atoms with Crippen LogP contribution in [0.1, 0.15) is 53.6 Å². The van der Waals surface area contributed by atoms with Crippen molar-refractivity contribution in [3.05, 3.63) is 94.0 Å². The lowest BCUT2D eigenvalue weighted by molar-refractivity contribution is -0.146. The van der Waals surface area contributed by atoms with Crippen molar-refractivity contribution >= 4 is 41.0 Å². The van der Waals surface area contributed by atoms with Crippen LogP contribution in [0.15, 0.2) is 67.3 Å². The Labute approximate surface area is 331 Å². The van der Waals surface area contributed by atoms with E-state index < -0.39 is 5.41 Å². The van der Waals surface area contributed by atoms with Gasteiger partial charge in [0.05, 0.1) is 47.0 Å². The lowest BCUT2D eigenvalue weighted by Gasteiger charge is -2.45. The van der Waals surface area contributed by atoms with Crippen LogP contribution < -0.4 is 4.74 Å². The van der Waals surface area contributed by atoms with Gasteiger partial charge in [-0.2, -0.15) is 0 Å². The monoisotopic (exact) mass is 791 g/mol. The minimum atomic E-state index is -0.695. The number of carbonyl (C=O) groups is 3. The quantitative estimate of drug-likeness (QED) is 0.169. The van der Waals surface area contributed by atoms with Crippen LogP contribution in [0.2, 0.25) is 10.0 Å². The number of nitrogens with zero attached hydrogens (tertiary/aromatic N) is 9. The average molecular weight is 793 g/mol. The molecule has 6 rings (SSSR count). The highest BCUT2D eigenvalue weighted by atomic mass is 35.5. The van der Waals surface area contributed by atoms with Gasteiger partial charge in [-0.3, -0.25) is 24.3 Å². The number of likely N-dealkylation sites (tertiary alicyclic amines) is 1. The molecule has 2 saturated heterocycles. The van der Waals surface area contributed by atoms with Gasteiger partial charge < -0.3 is 24.2 Å². The number of ether oxygens (including phenoxy) is 2. The smallest absolute Gasteiger partial charge is 0.320 e. The van der Waals surface area contributed by atoms with Gasteiger partial charge in [0.25, 0.3) is 5.91 Å². The molecule has 2 fully saturated rings. The number of tetrazole rings is 1. The van der Waals surface area contributed by atoms with Crippen molar-refractivity contribution in [1.29, 1.82) is 0 Å². The summed E-state index contributed by atoms with van der Waals surface area (Å²) in [5.74, 6) is 0.0299. The fourth-order valence-electron chi connectivity index (χ4n) is 7.60. The second-order valence-corrected chi connectivity index (χ2v) is 14.8. The molecule has 1 atom stereocenters. The van der Waals surface area contributed by atoms with Crippen LogP contribution >= 0.6 is 23.2 Å². The maximum absolute atomic E-state index is 14.4. The molecule has 2 aromatic carbocycles. The van der Waals surface area contributed by atoms with Gasteiger partial charge in [-0.25, -0.2) is 4.68 Å². The molecule has 0 spiro atoms. The van der Waals surface area contributed by atoms with Crippen LogP contribution in [0.4, 0.5) is 0 Å². The highest BCUT2D eigenvalue weighted by Gasteiger charge is 2.46. The first-order valence-corrected chi connectivity index (χ1v) is 19.3. The second-order valence-electron chi connectivity index (χ2n) is 14.0. The number of piperazine rings is 1. The lowest BCUT2D eigenvalue weighted by atomic mass is 9.72. The molecule has 2 amide bonds. The minimum absolute atomic E-state index is 0.0741. The third-order valence-electron chi connectivity index (χ3n) is 10.7. The molecule has 0 saturated carbocycles. The molecule has 2 aliphatic rings. The molecule has 4 heterocycles. The lowest BCUT2D eigenvalue weighted by Crippen LogP contribution is -2.57. The number of pyridine rings is 1. The topological polar surface area (TPSA) is 139 Å². The predicted octanol–water partition coefficient (Wildman–Crippen LogP) is 4.36. The van der Waals surface area contributed by atoms with Gasteiger partial charge in [-0.1, -0.05) is 35.3 Å². The van der Waals surface area contributed by atoms with E-state index in [1.54, 1.807) is 49.3 Å². The second kappa shape index (κ2) is 18.3. The van der Waals surface area contributed by atoms with E-state index in [0.29, 0.717) is 92.3 Å². The number of hydrogen-bond acceptors (Lipinski definition) is 11. The Morgan fingerprint density at radius 3 is 2.40 bits per heavy atom. The van der Waals surface area contributed by atoms with Crippen LogP contribution in [-0.4, -0.2) is 142 Å². The zero-order valence-electron chi connectivity index (χ0n) is 31.4. The largest absolute Gasteiger partial charge is 0.496 e. The van der Waals surface area contributed by atoms with Crippen molar-refractivity contribution in [3.63, 3.8) is 0 Å². The van der Waals surface area contributed by atoms with Crippen molar-refractivity contribution in [1.82, 2.24) is 44.8 Å². The zero-order valence-corrected chi connectivity index (χ0v) is 33.0. The average Bonchev–Trinajstić information content (AvgIpc) is 3.76. The number of likely N-dealkylation sites (N-methyl/N-ethyl adjacent to an activating group) is 1. The summed E-state index contributed by atoms with van der Waals surface area (Å²) in [7, 11) is 3.31. The fraction of sp³-hybridized carbons (Fsp3) is 0.462. The summed E-state index contributed by atoms with van der Waals surface area (Å²) in [6, 6.07) is 14.8. The minimum Gasteiger partial charge on any atom is -0.496 e. The third-order valence-corrected chi connectivity index (χ3v) is 11.5. The molecule has 1 unspecified atom stereocenters. The molecule has 2 aromatic heterocycles. The fourth-order valence-corrected chi connectivity index (χ4v) is 7.91. The highest BCUT2D eigenvalue weighted by Crippen LogP contribution is 2.38. The Bertz CT molecular complexity index is 1920. The Kier molecular flexibility index (Phi) is 13.4. The predicted molar refractivity (Wildman–Crippen MR) is 208 cm³/mol. The van der Waals surface area contributed by atoms with E-state index in [2.05, 4.69) is 25.4 Å². The molecule has 14 nitrogen and oxygen atoms in total. The summed E-state index contributed by atoms with van der Waals surface area (Å²) in [6.07, 6.45) is 7.05. The summed E-state index contributed by atoms with van der Waals surface area (Å²) < 4.78 is 12.2. The molecule has 0 bridgehead atoms.